The van der Waals surface area contributed by atoms with Gasteiger partial charge in [-0.15, -0.1) is 0 Å². The minimum Gasteiger partial charge on any atom is -0.211 e. The number of rotatable bonds is 6. The predicted molar refractivity (Wildman–Crippen MR) is 83.2 cm³/mol. The second-order valence-electron chi connectivity index (χ2n) is 6.61. The number of isocyanates is 2. The molecule has 0 bridgehead atoms. The van der Waals surface area contributed by atoms with Crippen LogP contribution in [0.15, 0.2) is 28.2 Å². The Kier molecular flexibility index (Phi) is 5.37. The molecule has 0 aromatic heterocycles. The molecule has 0 heterocycles. The van der Waals surface area contributed by atoms with Crippen LogP contribution in [0.4, 0.5) is 0 Å². The molecule has 0 radical (unpaired) electrons. The van der Waals surface area contributed by atoms with Crippen molar-refractivity contribution in [2.75, 3.05) is 13.1 Å². The predicted octanol–water partition coefficient (Wildman–Crippen LogP) is 3.22. The number of aliphatic imine (C=N–C) groups is 2. The molecule has 4 nitrogen and oxygen atoms in total. The molecule has 0 saturated heterocycles. The minimum absolute atomic E-state index is 0.246. The summed E-state index contributed by atoms with van der Waals surface area (Å²) in [6.45, 7) is 11.0. The van der Waals surface area contributed by atoms with Gasteiger partial charge in [0.05, 0.1) is 13.1 Å². The maximum atomic E-state index is 10.4. The van der Waals surface area contributed by atoms with Crippen molar-refractivity contribution in [1.82, 2.24) is 0 Å². The van der Waals surface area contributed by atoms with E-state index in [9.17, 15) is 9.59 Å². The average molecular weight is 286 g/mol. The second kappa shape index (κ2) is 6.62. The summed E-state index contributed by atoms with van der Waals surface area (Å²) in [5, 5.41) is 0. The topological polar surface area (TPSA) is 58.9 Å². The maximum absolute atomic E-state index is 10.4. The van der Waals surface area contributed by atoms with Gasteiger partial charge >= 0.3 is 0 Å². The zero-order valence-electron chi connectivity index (χ0n) is 13.4. The van der Waals surface area contributed by atoms with Crippen molar-refractivity contribution in [2.24, 2.45) is 9.98 Å². The first-order chi connectivity index (χ1) is 9.74. The van der Waals surface area contributed by atoms with E-state index in [2.05, 4.69) is 42.0 Å². The Hall–Kier alpha value is -2.02. The molecule has 112 valence electrons. The molecule has 0 unspecified atom stereocenters. The van der Waals surface area contributed by atoms with E-state index in [-0.39, 0.29) is 10.8 Å². The van der Waals surface area contributed by atoms with Crippen molar-refractivity contribution in [3.8, 4) is 0 Å². The average Bonchev–Trinajstić information content (AvgIpc) is 2.43. The Morgan fingerprint density at radius 3 is 2.00 bits per heavy atom. The lowest BCUT2D eigenvalue weighted by atomic mass is 9.77. The van der Waals surface area contributed by atoms with Gasteiger partial charge in [0.15, 0.2) is 0 Å². The van der Waals surface area contributed by atoms with Gasteiger partial charge in [0.2, 0.25) is 12.2 Å². The number of aryl methyl sites for hydroxylation is 1. The normalized spacial score (nSPS) is 11.5. The van der Waals surface area contributed by atoms with Crippen molar-refractivity contribution in [3.63, 3.8) is 0 Å². The van der Waals surface area contributed by atoms with Gasteiger partial charge in [-0.05, 0) is 23.6 Å². The van der Waals surface area contributed by atoms with Gasteiger partial charge in [0, 0.05) is 10.8 Å². The van der Waals surface area contributed by atoms with Crippen LogP contribution in [0.2, 0.25) is 0 Å². The number of carbonyl (C=O) groups excluding carboxylic acids is 2. The van der Waals surface area contributed by atoms with Crippen LogP contribution in [0.3, 0.4) is 0 Å². The van der Waals surface area contributed by atoms with Crippen LogP contribution in [0.1, 0.15) is 44.4 Å². The summed E-state index contributed by atoms with van der Waals surface area (Å²) in [5.74, 6) is 0. The van der Waals surface area contributed by atoms with Crippen LogP contribution in [0.5, 0.6) is 0 Å². The van der Waals surface area contributed by atoms with Gasteiger partial charge in [-0.25, -0.2) is 19.6 Å². The first-order valence-corrected chi connectivity index (χ1v) is 6.93. The highest BCUT2D eigenvalue weighted by Crippen LogP contribution is 2.32. The lowest BCUT2D eigenvalue weighted by molar-refractivity contribution is 0.510. The Balaban J connectivity index is 3.27. The van der Waals surface area contributed by atoms with Crippen molar-refractivity contribution in [3.05, 3.63) is 34.9 Å². The highest BCUT2D eigenvalue weighted by molar-refractivity contribution is 5.41. The van der Waals surface area contributed by atoms with Gasteiger partial charge in [0.25, 0.3) is 0 Å². The fraction of sp³-hybridized carbons (Fsp3) is 0.529. The van der Waals surface area contributed by atoms with Gasteiger partial charge in [-0.1, -0.05) is 45.9 Å². The molecule has 21 heavy (non-hydrogen) atoms. The summed E-state index contributed by atoms with van der Waals surface area (Å²) >= 11 is 0. The third-order valence-corrected chi connectivity index (χ3v) is 3.83. The molecule has 4 heteroatoms. The van der Waals surface area contributed by atoms with Gasteiger partial charge in [-0.2, -0.15) is 0 Å². The monoisotopic (exact) mass is 286 g/mol. The van der Waals surface area contributed by atoms with Crippen molar-refractivity contribution < 1.29 is 9.59 Å². The molecule has 1 aromatic rings. The van der Waals surface area contributed by atoms with E-state index in [4.69, 9.17) is 0 Å². The van der Waals surface area contributed by atoms with Crippen LogP contribution in [0.25, 0.3) is 0 Å². The number of hydrogen-bond donors (Lipinski definition) is 0. The maximum Gasteiger partial charge on any atom is 0.234 e. The van der Waals surface area contributed by atoms with Gasteiger partial charge in [0.1, 0.15) is 0 Å². The quantitative estimate of drug-likeness (QED) is 0.595. The van der Waals surface area contributed by atoms with Crippen molar-refractivity contribution in [2.45, 2.75) is 45.4 Å². The second-order valence-corrected chi connectivity index (χ2v) is 6.61. The Labute approximate surface area is 126 Å². The van der Waals surface area contributed by atoms with Crippen LogP contribution < -0.4 is 0 Å². The van der Waals surface area contributed by atoms with Crippen LogP contribution in [-0.2, 0) is 20.4 Å². The molecule has 1 rings (SSSR count). The molecule has 0 amide bonds. The number of nitrogens with zero attached hydrogens (tertiary/aromatic N) is 2. The molecule has 0 saturated carbocycles. The summed E-state index contributed by atoms with van der Waals surface area (Å²) in [6.07, 6.45) is 3.20. The molecule has 0 N–H and O–H groups in total. The standard InChI is InChI=1S/C17H22N2O2/c1-13-6-7-14(16(2,3)9-18-11-20)8-15(13)17(4,5)10-19-12-21/h6-8H,9-10H2,1-5H3. The molecular formula is C17H22N2O2. The van der Waals surface area contributed by atoms with E-state index >= 15 is 0 Å². The Morgan fingerprint density at radius 2 is 1.48 bits per heavy atom. The lowest BCUT2D eigenvalue weighted by Crippen LogP contribution is -2.26. The summed E-state index contributed by atoms with van der Waals surface area (Å²) in [7, 11) is 0. The van der Waals surface area contributed by atoms with E-state index in [1.165, 1.54) is 0 Å². The van der Waals surface area contributed by atoms with E-state index in [0.717, 1.165) is 16.7 Å². The van der Waals surface area contributed by atoms with Crippen molar-refractivity contribution >= 4 is 12.2 Å². The van der Waals surface area contributed by atoms with Crippen LogP contribution >= 0.6 is 0 Å². The summed E-state index contributed by atoms with van der Waals surface area (Å²) in [4.78, 5) is 28.1. The molecule has 0 aliphatic heterocycles. The Morgan fingerprint density at radius 1 is 0.952 bits per heavy atom. The fourth-order valence-electron chi connectivity index (χ4n) is 2.41. The highest BCUT2D eigenvalue weighted by Gasteiger charge is 2.26. The van der Waals surface area contributed by atoms with E-state index in [1.54, 1.807) is 12.2 Å². The van der Waals surface area contributed by atoms with E-state index in [0.29, 0.717) is 13.1 Å². The molecule has 0 aliphatic carbocycles. The smallest absolute Gasteiger partial charge is 0.211 e. The molecular weight excluding hydrogens is 264 g/mol. The van der Waals surface area contributed by atoms with Crippen LogP contribution in [0, 0.1) is 6.92 Å². The van der Waals surface area contributed by atoms with E-state index < -0.39 is 0 Å². The first-order valence-electron chi connectivity index (χ1n) is 6.93. The summed E-state index contributed by atoms with van der Waals surface area (Å²) in [6, 6.07) is 6.23. The first kappa shape index (κ1) is 17.0. The zero-order valence-corrected chi connectivity index (χ0v) is 13.4. The zero-order chi connectivity index (χ0) is 16.1. The summed E-state index contributed by atoms with van der Waals surface area (Å²) in [5.41, 5.74) is 2.90. The number of hydrogen-bond acceptors (Lipinski definition) is 4. The molecule has 0 spiro atoms. The lowest BCUT2D eigenvalue weighted by Gasteiger charge is -2.29. The molecule has 0 atom stereocenters. The molecule has 0 aliphatic rings. The summed E-state index contributed by atoms with van der Waals surface area (Å²) < 4.78 is 0. The molecule has 1 aromatic carbocycles. The van der Waals surface area contributed by atoms with Crippen LogP contribution in [-0.4, -0.2) is 25.2 Å². The SMILES string of the molecule is Cc1ccc(C(C)(C)CN=C=O)cc1C(C)(C)CN=C=O. The Bertz CT molecular complexity index is 605. The third-order valence-electron chi connectivity index (χ3n) is 3.83. The van der Waals surface area contributed by atoms with Gasteiger partial charge < -0.3 is 0 Å². The van der Waals surface area contributed by atoms with Gasteiger partial charge in [-0.3, -0.25) is 0 Å². The fourth-order valence-corrected chi connectivity index (χ4v) is 2.41. The third kappa shape index (κ3) is 4.22. The highest BCUT2D eigenvalue weighted by atomic mass is 16.1. The molecule has 0 fully saturated rings. The largest absolute Gasteiger partial charge is 0.234 e. The number of benzene rings is 1. The minimum atomic E-state index is -0.249. The van der Waals surface area contributed by atoms with Crippen molar-refractivity contribution in [1.29, 1.82) is 0 Å². The van der Waals surface area contributed by atoms with E-state index in [1.807, 2.05) is 20.8 Å².